The molecular formula is C15H21N3S. The number of amidine groups is 1. The van der Waals surface area contributed by atoms with E-state index in [9.17, 15) is 0 Å². The maximum Gasteiger partial charge on any atom is 0.256 e. The summed E-state index contributed by atoms with van der Waals surface area (Å²) in [5.74, 6) is 1.25. The van der Waals surface area contributed by atoms with E-state index in [0.29, 0.717) is 0 Å². The highest BCUT2D eigenvalue weighted by atomic mass is 32.1. The predicted molar refractivity (Wildman–Crippen MR) is 83.4 cm³/mol. The molecule has 3 nitrogen and oxygen atoms in total. The summed E-state index contributed by atoms with van der Waals surface area (Å²) in [7, 11) is 4.23. The zero-order chi connectivity index (χ0) is 14.0. The normalized spacial score (nSPS) is 17.3. The Labute approximate surface area is 121 Å². The van der Waals surface area contributed by atoms with E-state index in [0.717, 1.165) is 23.8 Å². The molecule has 0 atom stereocenters. The quantitative estimate of drug-likeness (QED) is 0.365. The Balaban J connectivity index is 2.34. The summed E-state index contributed by atoms with van der Waals surface area (Å²) in [6.45, 7) is 6.39. The fraction of sp³-hybridized carbons (Fsp3) is 0.467. The molecule has 0 unspecified atom stereocenters. The molecule has 0 saturated carbocycles. The van der Waals surface area contributed by atoms with Crippen LogP contribution < -0.4 is 0 Å². The maximum atomic E-state index is 5.57. The van der Waals surface area contributed by atoms with Crippen LogP contribution in [0, 0.1) is 5.41 Å². The average Bonchev–Trinajstić information content (AvgIpc) is 2.70. The fourth-order valence-corrected chi connectivity index (χ4v) is 2.81. The Bertz CT molecular complexity index is 517. The summed E-state index contributed by atoms with van der Waals surface area (Å²) < 4.78 is 2.27. The van der Waals surface area contributed by atoms with Gasteiger partial charge in [-0.15, -0.1) is 0 Å². The summed E-state index contributed by atoms with van der Waals surface area (Å²) >= 11 is 5.57. The standard InChI is InChI=1S/C15H21N3S/c1-15(2,14-17(3)10-11-18(14)4)13(19)16-12-8-6-5-7-9-12/h5-9H,10-11H2,1-4H3. The van der Waals surface area contributed by atoms with Crippen LogP contribution in [0.5, 0.6) is 0 Å². The van der Waals surface area contributed by atoms with Crippen LogP contribution in [0.2, 0.25) is 0 Å². The summed E-state index contributed by atoms with van der Waals surface area (Å²) in [6, 6.07) is 9.91. The van der Waals surface area contributed by atoms with Gasteiger partial charge in [0.15, 0.2) is 0 Å². The smallest absolute Gasteiger partial charge is 0.256 e. The Hall–Kier alpha value is -1.42. The van der Waals surface area contributed by atoms with Crippen molar-refractivity contribution in [3.63, 3.8) is 0 Å². The molecule has 0 amide bonds. The number of benzene rings is 1. The van der Waals surface area contributed by atoms with Gasteiger partial charge in [0.05, 0.1) is 25.2 Å². The largest absolute Gasteiger partial charge is 0.763 e. The molecule has 0 radical (unpaired) electrons. The van der Waals surface area contributed by atoms with Gasteiger partial charge in [0, 0.05) is 0 Å². The third-order valence-electron chi connectivity index (χ3n) is 3.57. The van der Waals surface area contributed by atoms with Crippen molar-refractivity contribution in [1.82, 2.24) is 4.90 Å². The minimum atomic E-state index is -0.231. The van der Waals surface area contributed by atoms with Crippen LogP contribution in [-0.4, -0.2) is 47.5 Å². The van der Waals surface area contributed by atoms with Gasteiger partial charge in [0.25, 0.3) is 5.84 Å². The van der Waals surface area contributed by atoms with Crippen LogP contribution in [-0.2, 0) is 12.6 Å². The van der Waals surface area contributed by atoms with Gasteiger partial charge in [-0.1, -0.05) is 23.2 Å². The van der Waals surface area contributed by atoms with E-state index in [-0.39, 0.29) is 5.41 Å². The topological polar surface area (TPSA) is 18.6 Å². The van der Waals surface area contributed by atoms with Crippen molar-refractivity contribution in [3.8, 4) is 0 Å². The molecule has 0 saturated heterocycles. The van der Waals surface area contributed by atoms with Crippen molar-refractivity contribution >= 4 is 29.2 Å². The predicted octanol–water partition coefficient (Wildman–Crippen LogP) is 2.28. The minimum Gasteiger partial charge on any atom is -0.763 e. The molecule has 19 heavy (non-hydrogen) atoms. The number of hydrogen-bond donors (Lipinski definition) is 0. The molecule has 0 spiro atoms. The number of hydrogen-bond acceptors (Lipinski definition) is 3. The van der Waals surface area contributed by atoms with Crippen LogP contribution in [0.3, 0.4) is 0 Å². The van der Waals surface area contributed by atoms with Gasteiger partial charge in [-0.25, -0.2) is 0 Å². The van der Waals surface area contributed by atoms with Gasteiger partial charge in [0.2, 0.25) is 0 Å². The molecule has 0 bridgehead atoms. The first kappa shape index (κ1) is 14.0. The Kier molecular flexibility index (Phi) is 3.90. The summed E-state index contributed by atoms with van der Waals surface area (Å²) in [5, 5.41) is 0.731. The molecule has 0 aromatic heterocycles. The van der Waals surface area contributed by atoms with E-state index >= 15 is 0 Å². The van der Waals surface area contributed by atoms with Gasteiger partial charge < -0.3 is 12.6 Å². The number of rotatable bonds is 3. The molecular weight excluding hydrogens is 254 g/mol. The minimum absolute atomic E-state index is 0.231. The van der Waals surface area contributed by atoms with E-state index in [1.807, 2.05) is 30.3 Å². The lowest BCUT2D eigenvalue weighted by Gasteiger charge is -2.31. The second kappa shape index (κ2) is 5.29. The first-order valence-electron chi connectivity index (χ1n) is 6.54. The third-order valence-corrected chi connectivity index (χ3v) is 4.18. The molecule has 0 fully saturated rings. The fourth-order valence-electron chi connectivity index (χ4n) is 2.61. The molecule has 1 heterocycles. The molecule has 4 heteroatoms. The van der Waals surface area contributed by atoms with Crippen molar-refractivity contribution in [2.24, 2.45) is 10.4 Å². The highest BCUT2D eigenvalue weighted by Crippen LogP contribution is 2.25. The molecule has 102 valence electrons. The lowest BCUT2D eigenvalue weighted by Crippen LogP contribution is -2.43. The van der Waals surface area contributed by atoms with Crippen molar-refractivity contribution in [2.45, 2.75) is 13.8 Å². The lowest BCUT2D eigenvalue weighted by atomic mass is 9.92. The number of para-hydroxylation sites is 1. The zero-order valence-electron chi connectivity index (χ0n) is 12.1. The number of likely N-dealkylation sites (N-methyl/N-ethyl adjacent to an activating group) is 2. The maximum absolute atomic E-state index is 5.57. The Morgan fingerprint density at radius 1 is 1.32 bits per heavy atom. The van der Waals surface area contributed by atoms with E-state index in [1.54, 1.807) is 0 Å². The van der Waals surface area contributed by atoms with Crippen molar-refractivity contribution in [1.29, 1.82) is 0 Å². The molecule has 1 aromatic rings. The molecule has 0 aliphatic carbocycles. The van der Waals surface area contributed by atoms with Crippen LogP contribution in [0.4, 0.5) is 5.69 Å². The zero-order valence-corrected chi connectivity index (χ0v) is 12.9. The van der Waals surface area contributed by atoms with Crippen LogP contribution in [0.15, 0.2) is 35.3 Å². The summed E-state index contributed by atoms with van der Waals surface area (Å²) in [5.41, 5.74) is 0.690. The van der Waals surface area contributed by atoms with Gasteiger partial charge in [-0.05, 0) is 26.0 Å². The van der Waals surface area contributed by atoms with Crippen LogP contribution in [0.25, 0.3) is 0 Å². The Morgan fingerprint density at radius 3 is 2.47 bits per heavy atom. The second-order valence-corrected chi connectivity index (χ2v) is 5.93. The first-order valence-corrected chi connectivity index (χ1v) is 6.94. The van der Waals surface area contributed by atoms with Gasteiger partial charge in [0.1, 0.15) is 13.1 Å². The molecule has 2 rings (SSSR count). The van der Waals surface area contributed by atoms with Crippen molar-refractivity contribution in [3.05, 3.63) is 30.3 Å². The highest BCUT2D eigenvalue weighted by molar-refractivity contribution is 7.77. The second-order valence-electron chi connectivity index (χ2n) is 5.54. The monoisotopic (exact) mass is 275 g/mol. The van der Waals surface area contributed by atoms with Crippen LogP contribution >= 0.6 is 0 Å². The van der Waals surface area contributed by atoms with Crippen LogP contribution in [0.1, 0.15) is 13.8 Å². The highest BCUT2D eigenvalue weighted by Gasteiger charge is 2.38. The van der Waals surface area contributed by atoms with E-state index < -0.39 is 0 Å². The number of nitrogens with zero attached hydrogens (tertiary/aromatic N) is 3. The van der Waals surface area contributed by atoms with Gasteiger partial charge >= 0.3 is 0 Å². The van der Waals surface area contributed by atoms with Crippen molar-refractivity contribution in [2.75, 3.05) is 27.2 Å². The summed E-state index contributed by atoms with van der Waals surface area (Å²) in [4.78, 5) is 6.87. The molecule has 0 N–H and O–H groups in total. The van der Waals surface area contributed by atoms with E-state index in [1.165, 1.54) is 5.84 Å². The average molecular weight is 275 g/mol. The van der Waals surface area contributed by atoms with E-state index in [4.69, 9.17) is 12.6 Å². The summed E-state index contributed by atoms with van der Waals surface area (Å²) in [6.07, 6.45) is 0. The van der Waals surface area contributed by atoms with E-state index in [2.05, 4.69) is 42.4 Å². The lowest BCUT2D eigenvalue weighted by molar-refractivity contribution is -0.489. The SMILES string of the molecule is CN1CC[N+](C)=C1C(C)(C)C([S-])=Nc1ccccc1. The third kappa shape index (κ3) is 2.78. The number of aliphatic imine (C=N–C) groups is 1. The Morgan fingerprint density at radius 2 is 1.95 bits per heavy atom. The first-order chi connectivity index (χ1) is 8.93. The van der Waals surface area contributed by atoms with Gasteiger partial charge in [-0.3, -0.25) is 14.5 Å². The van der Waals surface area contributed by atoms with Gasteiger partial charge in [-0.2, -0.15) is 0 Å². The molecule has 1 aromatic carbocycles. The molecule has 1 aliphatic heterocycles. The van der Waals surface area contributed by atoms with Crippen molar-refractivity contribution < 1.29 is 4.58 Å². The molecule has 1 aliphatic rings.